The summed E-state index contributed by atoms with van der Waals surface area (Å²) >= 11 is 1.57. The Morgan fingerprint density at radius 2 is 2.30 bits per heavy atom. The molecule has 2 N–H and O–H groups in total. The molecule has 2 aromatic heterocycles. The van der Waals surface area contributed by atoms with Gasteiger partial charge in [0.15, 0.2) is 0 Å². The summed E-state index contributed by atoms with van der Waals surface area (Å²) in [5.74, 6) is -0.825. The molecule has 2 rings (SSSR count). The monoisotopic (exact) mass is 293 g/mol. The molecule has 0 bridgehead atoms. The van der Waals surface area contributed by atoms with Crippen molar-refractivity contribution in [2.24, 2.45) is 0 Å². The minimum absolute atomic E-state index is 0.0210. The van der Waals surface area contributed by atoms with E-state index in [9.17, 15) is 9.18 Å². The maximum Gasteiger partial charge on any atom is 0.258 e. The van der Waals surface area contributed by atoms with E-state index in [4.69, 9.17) is 5.73 Å². The van der Waals surface area contributed by atoms with Crippen molar-refractivity contribution in [1.29, 1.82) is 0 Å². The molecule has 0 aliphatic carbocycles. The average molecular weight is 293 g/mol. The van der Waals surface area contributed by atoms with Gasteiger partial charge in [0.25, 0.3) is 5.91 Å². The number of nitrogen functional groups attached to an aromatic ring is 1. The number of halogens is 1. The molecule has 0 saturated heterocycles. The summed E-state index contributed by atoms with van der Waals surface area (Å²) < 4.78 is 13.3. The second kappa shape index (κ2) is 6.00. The number of carbonyl (C=O) groups is 1. The topological polar surface area (TPSA) is 59.2 Å². The predicted molar refractivity (Wildman–Crippen MR) is 77.9 cm³/mol. The number of hydrogen-bond donors (Lipinski definition) is 1. The maximum atomic E-state index is 13.3. The van der Waals surface area contributed by atoms with Gasteiger partial charge in [-0.25, -0.2) is 9.37 Å². The van der Waals surface area contributed by atoms with E-state index in [-0.39, 0.29) is 23.3 Å². The van der Waals surface area contributed by atoms with Crippen molar-refractivity contribution >= 4 is 23.1 Å². The average Bonchev–Trinajstić information content (AvgIpc) is 2.90. The highest BCUT2D eigenvalue weighted by Crippen LogP contribution is 2.19. The number of aromatic nitrogens is 1. The van der Waals surface area contributed by atoms with Crippen LogP contribution in [0.3, 0.4) is 0 Å². The van der Waals surface area contributed by atoms with Crippen LogP contribution < -0.4 is 5.73 Å². The van der Waals surface area contributed by atoms with E-state index in [2.05, 4.69) is 4.98 Å². The summed E-state index contributed by atoms with van der Waals surface area (Å²) in [7, 11) is 0. The molecule has 0 fully saturated rings. The lowest BCUT2D eigenvalue weighted by molar-refractivity contribution is 0.0692. The lowest BCUT2D eigenvalue weighted by atomic mass is 10.2. The largest absolute Gasteiger partial charge is 0.383 e. The highest BCUT2D eigenvalue weighted by atomic mass is 32.1. The van der Waals surface area contributed by atoms with E-state index >= 15 is 0 Å². The first kappa shape index (κ1) is 14.5. The van der Waals surface area contributed by atoms with Crippen molar-refractivity contribution in [2.75, 3.05) is 5.73 Å². The Kier molecular flexibility index (Phi) is 4.34. The lowest BCUT2D eigenvalue weighted by Crippen LogP contribution is -2.36. The number of hydrogen-bond acceptors (Lipinski definition) is 4. The van der Waals surface area contributed by atoms with Crippen LogP contribution in [0.25, 0.3) is 0 Å². The van der Waals surface area contributed by atoms with Crippen molar-refractivity contribution in [3.05, 3.63) is 46.0 Å². The zero-order valence-electron chi connectivity index (χ0n) is 11.3. The number of anilines is 1. The van der Waals surface area contributed by atoms with Gasteiger partial charge in [0.05, 0.1) is 18.3 Å². The van der Waals surface area contributed by atoms with Crippen LogP contribution in [0.15, 0.2) is 29.8 Å². The van der Waals surface area contributed by atoms with Crippen molar-refractivity contribution in [2.45, 2.75) is 26.4 Å². The number of carbonyl (C=O) groups excluding carboxylic acids is 1. The fourth-order valence-corrected chi connectivity index (χ4v) is 2.54. The molecule has 4 nitrogen and oxygen atoms in total. The summed E-state index contributed by atoms with van der Waals surface area (Å²) in [6.07, 6.45) is 1.01. The molecule has 0 atom stereocenters. The molecule has 0 aromatic carbocycles. The molecular weight excluding hydrogens is 277 g/mol. The molecule has 2 aromatic rings. The summed E-state index contributed by atoms with van der Waals surface area (Å²) in [6, 6.07) is 5.00. The van der Waals surface area contributed by atoms with Crippen molar-refractivity contribution in [3.8, 4) is 0 Å². The maximum absolute atomic E-state index is 13.3. The highest BCUT2D eigenvalue weighted by Gasteiger charge is 2.22. The van der Waals surface area contributed by atoms with Gasteiger partial charge in [-0.3, -0.25) is 4.79 Å². The predicted octanol–water partition coefficient (Wildman–Crippen LogP) is 2.92. The number of thiophene rings is 1. The van der Waals surface area contributed by atoms with Crippen LogP contribution in [-0.4, -0.2) is 21.8 Å². The molecule has 0 aliphatic rings. The number of nitrogens with two attached hydrogens (primary N) is 1. The van der Waals surface area contributed by atoms with E-state index in [0.29, 0.717) is 6.54 Å². The highest BCUT2D eigenvalue weighted by molar-refractivity contribution is 7.09. The van der Waals surface area contributed by atoms with Crippen LogP contribution in [0.4, 0.5) is 10.2 Å². The van der Waals surface area contributed by atoms with Crippen LogP contribution in [0, 0.1) is 5.82 Å². The zero-order chi connectivity index (χ0) is 14.7. The second-order valence-corrected chi connectivity index (χ2v) is 5.72. The smallest absolute Gasteiger partial charge is 0.258 e. The van der Waals surface area contributed by atoms with Crippen LogP contribution in [0.2, 0.25) is 0 Å². The van der Waals surface area contributed by atoms with E-state index in [1.54, 1.807) is 16.2 Å². The van der Waals surface area contributed by atoms with Gasteiger partial charge in [0, 0.05) is 10.9 Å². The second-order valence-electron chi connectivity index (χ2n) is 4.69. The quantitative estimate of drug-likeness (QED) is 0.943. The SMILES string of the molecule is CC(C)N(Cc1cccs1)C(=O)c1cc(F)cnc1N. The molecule has 0 saturated carbocycles. The normalized spacial score (nSPS) is 10.8. The van der Waals surface area contributed by atoms with E-state index in [1.807, 2.05) is 31.4 Å². The Morgan fingerprint density at radius 1 is 1.55 bits per heavy atom. The third-order valence-electron chi connectivity index (χ3n) is 2.91. The molecular formula is C14H16FN3OS. The Hall–Kier alpha value is -1.95. The van der Waals surface area contributed by atoms with Crippen LogP contribution in [0.5, 0.6) is 0 Å². The lowest BCUT2D eigenvalue weighted by Gasteiger charge is -2.26. The van der Waals surface area contributed by atoms with Crippen LogP contribution in [0.1, 0.15) is 29.1 Å². The van der Waals surface area contributed by atoms with Gasteiger partial charge in [0.1, 0.15) is 11.6 Å². The molecule has 1 amide bonds. The minimum atomic E-state index is -0.567. The van der Waals surface area contributed by atoms with Gasteiger partial charge in [-0.1, -0.05) is 6.07 Å². The molecule has 0 unspecified atom stereocenters. The minimum Gasteiger partial charge on any atom is -0.383 e. The Balaban J connectivity index is 2.29. The Labute approximate surface area is 121 Å². The Bertz CT molecular complexity index is 598. The van der Waals surface area contributed by atoms with Crippen molar-refractivity contribution in [1.82, 2.24) is 9.88 Å². The number of rotatable bonds is 4. The van der Waals surface area contributed by atoms with Crippen molar-refractivity contribution in [3.63, 3.8) is 0 Å². The summed E-state index contributed by atoms with van der Waals surface area (Å²) in [4.78, 5) is 18.9. The first-order chi connectivity index (χ1) is 9.49. The molecule has 0 spiro atoms. The summed E-state index contributed by atoms with van der Waals surface area (Å²) in [6.45, 7) is 4.30. The van der Waals surface area contributed by atoms with Gasteiger partial charge < -0.3 is 10.6 Å². The molecule has 20 heavy (non-hydrogen) atoms. The molecule has 6 heteroatoms. The molecule has 2 heterocycles. The van der Waals surface area contributed by atoms with Gasteiger partial charge in [-0.2, -0.15) is 0 Å². The third kappa shape index (κ3) is 3.14. The Morgan fingerprint density at radius 3 is 2.90 bits per heavy atom. The fraction of sp³-hybridized carbons (Fsp3) is 0.286. The van der Waals surface area contributed by atoms with E-state index in [0.717, 1.165) is 17.1 Å². The first-order valence-electron chi connectivity index (χ1n) is 6.23. The summed E-state index contributed by atoms with van der Waals surface area (Å²) in [5.41, 5.74) is 5.79. The third-order valence-corrected chi connectivity index (χ3v) is 3.77. The van der Waals surface area contributed by atoms with Gasteiger partial charge in [0.2, 0.25) is 0 Å². The number of nitrogens with zero attached hydrogens (tertiary/aromatic N) is 2. The van der Waals surface area contributed by atoms with E-state index in [1.165, 1.54) is 0 Å². The van der Waals surface area contributed by atoms with E-state index < -0.39 is 5.82 Å². The number of pyridine rings is 1. The van der Waals surface area contributed by atoms with Gasteiger partial charge >= 0.3 is 0 Å². The van der Waals surface area contributed by atoms with Crippen LogP contribution in [-0.2, 0) is 6.54 Å². The molecule has 0 aliphatic heterocycles. The van der Waals surface area contributed by atoms with Gasteiger partial charge in [-0.15, -0.1) is 11.3 Å². The van der Waals surface area contributed by atoms with Gasteiger partial charge in [-0.05, 0) is 31.4 Å². The molecule has 106 valence electrons. The van der Waals surface area contributed by atoms with Crippen molar-refractivity contribution < 1.29 is 9.18 Å². The van der Waals surface area contributed by atoms with Crippen LogP contribution >= 0.6 is 11.3 Å². The summed E-state index contributed by atoms with van der Waals surface area (Å²) in [5, 5.41) is 1.95. The zero-order valence-corrected chi connectivity index (χ0v) is 12.2. The standard InChI is InChI=1S/C14H16FN3OS/c1-9(2)18(8-11-4-3-5-20-11)14(19)12-6-10(15)7-17-13(12)16/h3-7,9H,8H2,1-2H3,(H2,16,17). The fourth-order valence-electron chi connectivity index (χ4n) is 1.84. The molecule has 0 radical (unpaired) electrons. The first-order valence-corrected chi connectivity index (χ1v) is 7.11. The number of amides is 1.